The van der Waals surface area contributed by atoms with Crippen LogP contribution in [0.25, 0.3) is 22.1 Å². The summed E-state index contributed by atoms with van der Waals surface area (Å²) in [5.74, 6) is 0.828. The topological polar surface area (TPSA) is 43.9 Å². The normalized spacial score (nSPS) is 20.0. The van der Waals surface area contributed by atoms with Crippen molar-refractivity contribution in [1.82, 2.24) is 0 Å². The number of ether oxygens (including phenoxy) is 1. The van der Waals surface area contributed by atoms with E-state index in [0.29, 0.717) is 18.4 Å². The van der Waals surface area contributed by atoms with Crippen LogP contribution in [0.15, 0.2) is 82.0 Å². The maximum absolute atomic E-state index is 12.5. The molecule has 2 heterocycles. The maximum Gasteiger partial charge on any atom is 0.336 e. The molecule has 4 aromatic rings. The molecular formula is C27H24NO3+. The van der Waals surface area contributed by atoms with Gasteiger partial charge in [-0.05, 0) is 41.7 Å². The van der Waals surface area contributed by atoms with E-state index < -0.39 is 0 Å². The van der Waals surface area contributed by atoms with Gasteiger partial charge < -0.3 is 9.15 Å². The number of fused-ring (bicyclic) bond motifs is 4. The molecule has 31 heavy (non-hydrogen) atoms. The van der Waals surface area contributed by atoms with Crippen LogP contribution in [0.2, 0.25) is 0 Å². The lowest BCUT2D eigenvalue weighted by molar-refractivity contribution is -0.963. The van der Waals surface area contributed by atoms with Gasteiger partial charge >= 0.3 is 5.63 Å². The fraction of sp³-hybridized carbons (Fsp3) is 0.222. The molecule has 1 aromatic heterocycles. The summed E-state index contributed by atoms with van der Waals surface area (Å²) in [6, 6.07) is 24.8. The lowest BCUT2D eigenvalue weighted by atomic mass is 9.86. The Morgan fingerprint density at radius 2 is 1.77 bits per heavy atom. The summed E-state index contributed by atoms with van der Waals surface area (Å²) in [6.45, 7) is 1.41. The molecule has 0 saturated carbocycles. The minimum absolute atomic E-state index is 0.324. The number of hydrogen-bond acceptors (Lipinski definition) is 3. The molecule has 6 rings (SSSR count). The van der Waals surface area contributed by atoms with Crippen LogP contribution >= 0.6 is 0 Å². The van der Waals surface area contributed by atoms with Gasteiger partial charge in [-0.15, -0.1) is 0 Å². The van der Waals surface area contributed by atoms with E-state index in [1.54, 1.807) is 6.07 Å². The second-order valence-electron chi connectivity index (χ2n) is 8.53. The summed E-state index contributed by atoms with van der Waals surface area (Å²) in [5.41, 5.74) is 6.14. The van der Waals surface area contributed by atoms with Crippen LogP contribution in [-0.4, -0.2) is 6.73 Å². The monoisotopic (exact) mass is 410 g/mol. The van der Waals surface area contributed by atoms with Gasteiger partial charge in [0.05, 0.1) is 5.56 Å². The van der Waals surface area contributed by atoms with E-state index in [2.05, 4.69) is 24.3 Å². The number of quaternary nitrogens is 1. The number of rotatable bonds is 2. The Balaban J connectivity index is 1.46. The Morgan fingerprint density at radius 3 is 2.68 bits per heavy atom. The predicted molar refractivity (Wildman–Crippen MR) is 120 cm³/mol. The van der Waals surface area contributed by atoms with Crippen molar-refractivity contribution in [2.75, 3.05) is 6.73 Å². The number of nitrogens with one attached hydrogen (secondary N) is 1. The average molecular weight is 410 g/mol. The third-order valence-corrected chi connectivity index (χ3v) is 6.74. The van der Waals surface area contributed by atoms with Crippen molar-refractivity contribution in [2.45, 2.75) is 31.8 Å². The van der Waals surface area contributed by atoms with Crippen molar-refractivity contribution < 1.29 is 14.1 Å². The second kappa shape index (κ2) is 7.40. The largest absolute Gasteiger partial charge is 0.445 e. The molecule has 4 nitrogen and oxygen atoms in total. The third kappa shape index (κ3) is 3.15. The Kier molecular flexibility index (Phi) is 4.39. The van der Waals surface area contributed by atoms with Crippen molar-refractivity contribution in [3.8, 4) is 16.9 Å². The highest BCUT2D eigenvalue weighted by molar-refractivity contribution is 5.95. The van der Waals surface area contributed by atoms with Crippen LogP contribution in [0.3, 0.4) is 0 Å². The van der Waals surface area contributed by atoms with Gasteiger partial charge in [-0.1, -0.05) is 54.6 Å². The third-order valence-electron chi connectivity index (χ3n) is 6.74. The summed E-state index contributed by atoms with van der Waals surface area (Å²) in [4.78, 5) is 13.9. The summed E-state index contributed by atoms with van der Waals surface area (Å²) in [6.07, 6.45) is 3.49. The molecule has 3 aromatic carbocycles. The molecule has 2 atom stereocenters. The van der Waals surface area contributed by atoms with Gasteiger partial charge in [0.25, 0.3) is 0 Å². The molecule has 1 unspecified atom stereocenters. The van der Waals surface area contributed by atoms with Gasteiger partial charge in [0.15, 0.2) is 5.58 Å². The Labute approximate surface area is 180 Å². The van der Waals surface area contributed by atoms with Crippen LogP contribution in [0.5, 0.6) is 5.75 Å². The van der Waals surface area contributed by atoms with E-state index >= 15 is 0 Å². The van der Waals surface area contributed by atoms with E-state index in [4.69, 9.17) is 9.15 Å². The van der Waals surface area contributed by atoms with E-state index in [9.17, 15) is 4.79 Å². The lowest BCUT2D eigenvalue weighted by Crippen LogP contribution is -3.12. The first kappa shape index (κ1) is 18.4. The Hall–Kier alpha value is -3.37. The van der Waals surface area contributed by atoms with E-state index in [-0.39, 0.29) is 5.63 Å². The number of aryl methyl sites for hydroxylation is 1. The summed E-state index contributed by atoms with van der Waals surface area (Å²) >= 11 is 0. The minimum atomic E-state index is -0.324. The maximum atomic E-state index is 12.5. The number of benzene rings is 3. The molecule has 0 amide bonds. The first-order valence-corrected chi connectivity index (χ1v) is 11.0. The SMILES string of the molecule is O=c1cc(-c2ccccc2)c2ccc3c(c2o1)C[NH+]([C@H]1CCCc2ccccc21)CO3. The summed E-state index contributed by atoms with van der Waals surface area (Å²) in [5, 5.41) is 0.957. The minimum Gasteiger partial charge on any atom is -0.445 e. The Bertz CT molecular complexity index is 1330. The fourth-order valence-corrected chi connectivity index (χ4v) is 5.27. The fourth-order valence-electron chi connectivity index (χ4n) is 5.27. The molecular weight excluding hydrogens is 386 g/mol. The van der Waals surface area contributed by atoms with Crippen LogP contribution in [0, 0.1) is 0 Å². The first-order valence-electron chi connectivity index (χ1n) is 11.0. The molecule has 0 radical (unpaired) electrons. The van der Waals surface area contributed by atoms with Gasteiger partial charge in [0.2, 0.25) is 6.73 Å². The van der Waals surface area contributed by atoms with Gasteiger partial charge in [-0.3, -0.25) is 4.90 Å². The standard InChI is InChI=1S/C27H23NO3/c29-26-15-22(19-7-2-1-3-8-19)21-13-14-25-23(27(21)31-26)16-28(17-30-25)24-12-6-10-18-9-4-5-11-20(18)24/h1-5,7-9,11,13-15,24H,6,10,12,16-17H2/p+1/t24-/m0/s1. The van der Waals surface area contributed by atoms with Crippen molar-refractivity contribution in [2.24, 2.45) is 0 Å². The molecule has 0 saturated heterocycles. The van der Waals surface area contributed by atoms with Gasteiger partial charge in [0.1, 0.15) is 18.3 Å². The van der Waals surface area contributed by atoms with Gasteiger partial charge in [0, 0.05) is 23.4 Å². The van der Waals surface area contributed by atoms with Crippen LogP contribution in [0.1, 0.15) is 35.6 Å². The number of hydrogen-bond donors (Lipinski definition) is 1. The Morgan fingerprint density at radius 1 is 0.935 bits per heavy atom. The highest BCUT2D eigenvalue weighted by Gasteiger charge is 2.34. The molecule has 0 bridgehead atoms. The van der Waals surface area contributed by atoms with E-state index in [0.717, 1.165) is 47.2 Å². The smallest absolute Gasteiger partial charge is 0.336 e. The molecule has 1 N–H and O–H groups in total. The van der Waals surface area contributed by atoms with E-state index in [1.165, 1.54) is 22.4 Å². The highest BCUT2D eigenvalue weighted by Crippen LogP contribution is 2.35. The average Bonchev–Trinajstić information content (AvgIpc) is 2.83. The molecule has 1 aliphatic heterocycles. The zero-order valence-corrected chi connectivity index (χ0v) is 17.3. The molecule has 2 aliphatic rings. The van der Waals surface area contributed by atoms with Crippen LogP contribution in [0.4, 0.5) is 0 Å². The molecule has 0 fully saturated rings. The van der Waals surface area contributed by atoms with Crippen molar-refractivity contribution in [3.05, 3.63) is 99.9 Å². The molecule has 154 valence electrons. The molecule has 0 spiro atoms. The van der Waals surface area contributed by atoms with Crippen LogP contribution < -0.4 is 15.3 Å². The first-order chi connectivity index (χ1) is 15.3. The second-order valence-corrected chi connectivity index (χ2v) is 8.53. The summed E-state index contributed by atoms with van der Waals surface area (Å²) < 4.78 is 12.0. The van der Waals surface area contributed by atoms with Crippen molar-refractivity contribution >= 4 is 11.0 Å². The predicted octanol–water partition coefficient (Wildman–Crippen LogP) is 4.27. The lowest BCUT2D eigenvalue weighted by Gasteiger charge is -2.35. The highest BCUT2D eigenvalue weighted by atomic mass is 16.5. The van der Waals surface area contributed by atoms with Gasteiger partial charge in [-0.25, -0.2) is 4.79 Å². The molecule has 1 aliphatic carbocycles. The van der Waals surface area contributed by atoms with Crippen molar-refractivity contribution in [3.63, 3.8) is 0 Å². The zero-order valence-electron chi connectivity index (χ0n) is 17.3. The van der Waals surface area contributed by atoms with Gasteiger partial charge in [-0.2, -0.15) is 0 Å². The quantitative estimate of drug-likeness (QED) is 0.502. The zero-order chi connectivity index (χ0) is 20.8. The van der Waals surface area contributed by atoms with Crippen molar-refractivity contribution in [1.29, 1.82) is 0 Å². The van der Waals surface area contributed by atoms with Crippen LogP contribution in [-0.2, 0) is 13.0 Å². The summed E-state index contributed by atoms with van der Waals surface area (Å²) in [7, 11) is 0. The molecule has 4 heteroatoms. The van der Waals surface area contributed by atoms with E-state index in [1.807, 2.05) is 42.5 Å².